The van der Waals surface area contributed by atoms with Crippen LogP contribution in [0.15, 0.2) is 18.2 Å². The van der Waals surface area contributed by atoms with Gasteiger partial charge in [0.1, 0.15) is 5.75 Å². The predicted molar refractivity (Wildman–Crippen MR) is 85.8 cm³/mol. The third-order valence-corrected chi connectivity index (χ3v) is 4.26. The molecule has 0 fully saturated rings. The lowest BCUT2D eigenvalue weighted by Gasteiger charge is -2.22. The molecule has 114 valence electrons. The summed E-state index contributed by atoms with van der Waals surface area (Å²) in [4.78, 5) is 0.995. The minimum atomic E-state index is -0.203. The fourth-order valence-corrected chi connectivity index (χ4v) is 3.23. The summed E-state index contributed by atoms with van der Waals surface area (Å²) in [5.41, 5.74) is 4.62. The van der Waals surface area contributed by atoms with Crippen molar-refractivity contribution in [3.8, 4) is 5.75 Å². The summed E-state index contributed by atoms with van der Waals surface area (Å²) in [5, 5.41) is 4.82. The molecule has 1 aromatic heterocycles. The van der Waals surface area contributed by atoms with E-state index >= 15 is 0 Å². The van der Waals surface area contributed by atoms with Crippen LogP contribution in [0.3, 0.4) is 0 Å². The number of nitrogens with zero attached hydrogens (tertiary/aromatic N) is 2. The van der Waals surface area contributed by atoms with E-state index in [1.165, 1.54) is 11.5 Å². The number of hydrazine groups is 1. The number of methoxy groups -OCH3 is 1. The summed E-state index contributed by atoms with van der Waals surface area (Å²) < 4.78 is 9.35. The highest BCUT2D eigenvalue weighted by atomic mass is 35.5. The molecule has 1 aromatic carbocycles. The lowest BCUT2D eigenvalue weighted by molar-refractivity contribution is 0.414. The zero-order chi connectivity index (χ0) is 15.6. The van der Waals surface area contributed by atoms with Gasteiger partial charge in [0.25, 0.3) is 0 Å². The van der Waals surface area contributed by atoms with E-state index in [9.17, 15) is 0 Å². The number of nitrogens with two attached hydrogens (primary N) is 1. The van der Waals surface area contributed by atoms with Crippen LogP contribution in [0.1, 0.15) is 42.9 Å². The van der Waals surface area contributed by atoms with Crippen molar-refractivity contribution in [1.82, 2.24) is 15.0 Å². The molecule has 1 unspecified atom stereocenters. The zero-order valence-electron chi connectivity index (χ0n) is 12.5. The molecule has 0 aliphatic heterocycles. The van der Waals surface area contributed by atoms with Crippen molar-refractivity contribution in [2.75, 3.05) is 7.11 Å². The van der Waals surface area contributed by atoms with Crippen molar-refractivity contribution < 1.29 is 4.74 Å². The van der Waals surface area contributed by atoms with Crippen LogP contribution in [0.4, 0.5) is 0 Å². The minimum absolute atomic E-state index is 0.103. The van der Waals surface area contributed by atoms with E-state index in [4.69, 9.17) is 22.2 Å². The van der Waals surface area contributed by atoms with E-state index in [1.54, 1.807) is 13.2 Å². The van der Waals surface area contributed by atoms with Gasteiger partial charge in [-0.15, -0.1) is 5.10 Å². The van der Waals surface area contributed by atoms with Gasteiger partial charge in [0.05, 0.1) is 28.7 Å². The van der Waals surface area contributed by atoms with Gasteiger partial charge in [-0.05, 0) is 29.2 Å². The first-order valence-electron chi connectivity index (χ1n) is 6.50. The molecule has 1 heterocycles. The fourth-order valence-electron chi connectivity index (χ4n) is 2.09. The Morgan fingerprint density at radius 3 is 2.67 bits per heavy atom. The van der Waals surface area contributed by atoms with Crippen LogP contribution in [0.5, 0.6) is 5.75 Å². The van der Waals surface area contributed by atoms with Crippen molar-refractivity contribution in [3.63, 3.8) is 0 Å². The molecule has 0 aliphatic carbocycles. The number of benzene rings is 1. The summed E-state index contributed by atoms with van der Waals surface area (Å²) >= 11 is 7.42. The van der Waals surface area contributed by atoms with E-state index in [-0.39, 0.29) is 11.5 Å². The number of aromatic nitrogens is 2. The van der Waals surface area contributed by atoms with Crippen LogP contribution in [0, 0.1) is 0 Å². The summed E-state index contributed by atoms with van der Waals surface area (Å²) in [5.74, 6) is 6.38. The van der Waals surface area contributed by atoms with Gasteiger partial charge >= 0.3 is 0 Å². The first-order chi connectivity index (χ1) is 9.88. The van der Waals surface area contributed by atoms with E-state index in [1.807, 2.05) is 12.1 Å². The van der Waals surface area contributed by atoms with E-state index in [0.29, 0.717) is 10.8 Å². The minimum Gasteiger partial charge on any atom is -0.495 e. The number of hydrogen-bond acceptors (Lipinski definition) is 6. The molecule has 1 atom stereocenters. The molecule has 7 heteroatoms. The standard InChI is InChI=1S/C14H19ClN4OS/c1-14(2,3)13-12(21-19-18-13)11(17-16)8-5-6-9(15)10(7-8)20-4/h5-7,11,17H,16H2,1-4H3. The molecule has 21 heavy (non-hydrogen) atoms. The van der Waals surface area contributed by atoms with Crippen molar-refractivity contribution in [2.24, 2.45) is 5.84 Å². The molecule has 0 spiro atoms. The first kappa shape index (κ1) is 16.2. The van der Waals surface area contributed by atoms with Crippen molar-refractivity contribution in [2.45, 2.75) is 32.2 Å². The fraction of sp³-hybridized carbons (Fsp3) is 0.429. The monoisotopic (exact) mass is 326 g/mol. The van der Waals surface area contributed by atoms with Gasteiger partial charge in [-0.1, -0.05) is 42.9 Å². The predicted octanol–water partition coefficient (Wildman–Crippen LogP) is 3.05. The Balaban J connectivity index is 2.48. The maximum absolute atomic E-state index is 6.07. The van der Waals surface area contributed by atoms with E-state index in [2.05, 4.69) is 35.8 Å². The quantitative estimate of drug-likeness (QED) is 0.667. The second-order valence-electron chi connectivity index (χ2n) is 5.73. The molecule has 3 N–H and O–H groups in total. The molecule has 0 saturated heterocycles. The van der Waals surface area contributed by atoms with E-state index in [0.717, 1.165) is 16.1 Å². The van der Waals surface area contributed by atoms with Gasteiger partial charge < -0.3 is 4.74 Å². The Bertz CT molecular complexity index is 624. The molecule has 2 aromatic rings. The Morgan fingerprint density at radius 1 is 1.38 bits per heavy atom. The molecule has 0 amide bonds. The average Bonchev–Trinajstić information content (AvgIpc) is 2.90. The Labute approximate surface area is 133 Å². The van der Waals surface area contributed by atoms with Gasteiger partial charge in [0.2, 0.25) is 0 Å². The highest BCUT2D eigenvalue weighted by Gasteiger charge is 2.28. The first-order valence-corrected chi connectivity index (χ1v) is 7.66. The summed E-state index contributed by atoms with van der Waals surface area (Å²) in [7, 11) is 1.59. The molecule has 0 saturated carbocycles. The number of ether oxygens (including phenoxy) is 1. The summed E-state index contributed by atoms with van der Waals surface area (Å²) in [6, 6.07) is 5.39. The average molecular weight is 327 g/mol. The third-order valence-electron chi connectivity index (χ3n) is 3.16. The highest BCUT2D eigenvalue weighted by molar-refractivity contribution is 7.05. The second-order valence-corrected chi connectivity index (χ2v) is 6.92. The maximum Gasteiger partial charge on any atom is 0.137 e. The third kappa shape index (κ3) is 3.35. The zero-order valence-corrected chi connectivity index (χ0v) is 14.0. The summed E-state index contributed by atoms with van der Waals surface area (Å²) in [6.07, 6.45) is 0. The van der Waals surface area contributed by atoms with Gasteiger partial charge in [0.15, 0.2) is 0 Å². The van der Waals surface area contributed by atoms with Crippen LogP contribution in [0.25, 0.3) is 0 Å². The molecular weight excluding hydrogens is 308 g/mol. The number of nitrogens with one attached hydrogen (secondary N) is 1. The lowest BCUT2D eigenvalue weighted by atomic mass is 9.89. The molecule has 0 bridgehead atoms. The number of hydrogen-bond donors (Lipinski definition) is 2. The number of halogens is 1. The van der Waals surface area contributed by atoms with Crippen molar-refractivity contribution in [1.29, 1.82) is 0 Å². The SMILES string of the molecule is COc1cc(C(NN)c2snnc2C(C)(C)C)ccc1Cl. The van der Waals surface area contributed by atoms with Crippen LogP contribution >= 0.6 is 23.1 Å². The normalized spacial score (nSPS) is 13.2. The Kier molecular flexibility index (Phi) is 4.83. The highest BCUT2D eigenvalue weighted by Crippen LogP contribution is 2.35. The molecule has 2 rings (SSSR count). The van der Waals surface area contributed by atoms with Gasteiger partial charge in [-0.3, -0.25) is 5.84 Å². The largest absolute Gasteiger partial charge is 0.495 e. The van der Waals surface area contributed by atoms with Crippen LogP contribution < -0.4 is 16.0 Å². The molecule has 0 aliphatic rings. The molecule has 5 nitrogen and oxygen atoms in total. The van der Waals surface area contributed by atoms with Crippen LogP contribution in [0.2, 0.25) is 5.02 Å². The molecular formula is C14H19ClN4OS. The Morgan fingerprint density at radius 2 is 2.10 bits per heavy atom. The smallest absolute Gasteiger partial charge is 0.137 e. The van der Waals surface area contributed by atoms with Gasteiger partial charge in [-0.25, -0.2) is 5.43 Å². The van der Waals surface area contributed by atoms with Crippen LogP contribution in [-0.4, -0.2) is 16.7 Å². The van der Waals surface area contributed by atoms with Gasteiger partial charge in [0, 0.05) is 5.41 Å². The Hall–Kier alpha value is -1.21. The molecule has 0 radical (unpaired) electrons. The second kappa shape index (κ2) is 6.27. The topological polar surface area (TPSA) is 73.1 Å². The van der Waals surface area contributed by atoms with Gasteiger partial charge in [-0.2, -0.15) is 0 Å². The van der Waals surface area contributed by atoms with Crippen molar-refractivity contribution in [3.05, 3.63) is 39.4 Å². The van der Waals surface area contributed by atoms with Crippen LogP contribution in [-0.2, 0) is 5.41 Å². The van der Waals surface area contributed by atoms with E-state index < -0.39 is 0 Å². The number of rotatable bonds is 4. The summed E-state index contributed by atoms with van der Waals surface area (Å²) in [6.45, 7) is 6.30. The maximum atomic E-state index is 6.07. The van der Waals surface area contributed by atoms with Crippen molar-refractivity contribution >= 4 is 23.1 Å². The lowest BCUT2D eigenvalue weighted by Crippen LogP contribution is -2.30.